The average Bonchev–Trinajstić information content (AvgIpc) is 3.13. The Morgan fingerprint density at radius 3 is 2.37 bits per heavy atom. The van der Waals surface area contributed by atoms with Crippen LogP contribution in [-0.2, 0) is 11.2 Å². The van der Waals surface area contributed by atoms with Gasteiger partial charge in [-0.2, -0.15) is 4.98 Å². The molecule has 0 amide bonds. The number of nitrogens with zero attached hydrogens (tertiary/aromatic N) is 3. The van der Waals surface area contributed by atoms with Gasteiger partial charge < -0.3 is 9.42 Å². The van der Waals surface area contributed by atoms with Crippen molar-refractivity contribution < 1.29 is 9.32 Å². The monoisotopic (exact) mass is 379 g/mol. The molecule has 0 N–H and O–H groups in total. The Balaban J connectivity index is 2.71. The Morgan fingerprint density at radius 2 is 1.81 bits per heavy atom. The SMILES string of the molecule is CCCCCCN(c1nc(CCC(CC)(CC)CC(=O)CC)no1)C(C)C. The van der Waals surface area contributed by atoms with Gasteiger partial charge in [0, 0.05) is 31.8 Å². The van der Waals surface area contributed by atoms with Crippen molar-refractivity contribution in [1.29, 1.82) is 0 Å². The second-order valence-corrected chi connectivity index (χ2v) is 8.12. The lowest BCUT2D eigenvalue weighted by Gasteiger charge is -2.30. The van der Waals surface area contributed by atoms with Gasteiger partial charge in [-0.15, -0.1) is 0 Å². The van der Waals surface area contributed by atoms with E-state index < -0.39 is 0 Å². The fourth-order valence-electron chi connectivity index (χ4n) is 3.61. The minimum Gasteiger partial charge on any atom is -0.322 e. The highest BCUT2D eigenvalue weighted by molar-refractivity contribution is 5.78. The first-order chi connectivity index (χ1) is 12.9. The van der Waals surface area contributed by atoms with Gasteiger partial charge in [0.1, 0.15) is 5.78 Å². The molecule has 0 aliphatic rings. The fraction of sp³-hybridized carbons (Fsp3) is 0.864. The molecule has 0 unspecified atom stereocenters. The van der Waals surface area contributed by atoms with E-state index in [4.69, 9.17) is 4.52 Å². The molecule has 0 radical (unpaired) electrons. The van der Waals surface area contributed by atoms with E-state index in [0.29, 0.717) is 30.7 Å². The average molecular weight is 380 g/mol. The van der Waals surface area contributed by atoms with Crippen LogP contribution in [0.5, 0.6) is 0 Å². The van der Waals surface area contributed by atoms with Gasteiger partial charge in [0.15, 0.2) is 5.82 Å². The summed E-state index contributed by atoms with van der Waals surface area (Å²) in [4.78, 5) is 18.9. The van der Waals surface area contributed by atoms with Gasteiger partial charge in [-0.1, -0.05) is 65.0 Å². The van der Waals surface area contributed by atoms with Crippen LogP contribution in [0.3, 0.4) is 0 Å². The van der Waals surface area contributed by atoms with Crippen molar-refractivity contribution in [3.05, 3.63) is 5.82 Å². The summed E-state index contributed by atoms with van der Waals surface area (Å²) in [5.41, 5.74) is 0.0613. The van der Waals surface area contributed by atoms with Gasteiger partial charge >= 0.3 is 6.01 Å². The van der Waals surface area contributed by atoms with E-state index in [-0.39, 0.29) is 5.41 Å². The number of Topliss-reactive ketones (excluding diaryl/α,β-unsaturated/α-hetero) is 1. The number of rotatable bonds is 15. The van der Waals surface area contributed by atoms with E-state index in [1.165, 1.54) is 19.3 Å². The van der Waals surface area contributed by atoms with Crippen LogP contribution >= 0.6 is 0 Å². The maximum absolute atomic E-state index is 12.0. The fourth-order valence-corrected chi connectivity index (χ4v) is 3.61. The molecule has 156 valence electrons. The number of ketones is 1. The summed E-state index contributed by atoms with van der Waals surface area (Å²) in [7, 11) is 0. The number of carbonyl (C=O) groups is 1. The number of carbonyl (C=O) groups excluding carboxylic acids is 1. The minimum atomic E-state index is 0.0613. The third-order valence-corrected chi connectivity index (χ3v) is 5.92. The number of unbranched alkanes of at least 4 members (excludes halogenated alkanes) is 3. The lowest BCUT2D eigenvalue weighted by atomic mass is 9.74. The van der Waals surface area contributed by atoms with E-state index in [2.05, 4.69) is 49.7 Å². The van der Waals surface area contributed by atoms with Crippen molar-refractivity contribution in [3.8, 4) is 0 Å². The molecular formula is C22H41N3O2. The van der Waals surface area contributed by atoms with E-state index in [9.17, 15) is 4.79 Å². The van der Waals surface area contributed by atoms with Crippen molar-refractivity contribution in [2.75, 3.05) is 11.4 Å². The van der Waals surface area contributed by atoms with Gasteiger partial charge in [-0.05, 0) is 32.1 Å². The molecular weight excluding hydrogens is 338 g/mol. The first-order valence-corrected chi connectivity index (χ1v) is 11.0. The second kappa shape index (κ2) is 12.1. The standard InChI is InChI=1S/C22H41N3O2/c1-7-11-12-13-16-25(18(5)6)21-23-20(24-27-21)14-15-22(9-3,10-4)17-19(26)8-2/h18H,7-17H2,1-6H3. The van der Waals surface area contributed by atoms with Crippen LogP contribution in [0.4, 0.5) is 6.01 Å². The molecule has 1 rings (SSSR count). The predicted molar refractivity (Wildman–Crippen MR) is 112 cm³/mol. The third-order valence-electron chi connectivity index (χ3n) is 5.92. The summed E-state index contributed by atoms with van der Waals surface area (Å²) in [6.45, 7) is 13.8. The lowest BCUT2D eigenvalue weighted by Crippen LogP contribution is -2.32. The van der Waals surface area contributed by atoms with E-state index in [1.54, 1.807) is 0 Å². The smallest absolute Gasteiger partial charge is 0.322 e. The molecule has 0 aliphatic carbocycles. The highest BCUT2D eigenvalue weighted by atomic mass is 16.5. The largest absolute Gasteiger partial charge is 0.324 e. The summed E-state index contributed by atoms with van der Waals surface area (Å²) in [6.07, 6.45) is 9.90. The summed E-state index contributed by atoms with van der Waals surface area (Å²) in [5, 5.41) is 4.22. The van der Waals surface area contributed by atoms with E-state index >= 15 is 0 Å². The summed E-state index contributed by atoms with van der Waals surface area (Å²) >= 11 is 0. The molecule has 1 aromatic rings. The maximum atomic E-state index is 12.0. The molecule has 5 nitrogen and oxygen atoms in total. The van der Waals surface area contributed by atoms with Gasteiger partial charge in [0.25, 0.3) is 0 Å². The Morgan fingerprint density at radius 1 is 1.11 bits per heavy atom. The Hall–Kier alpha value is -1.39. The van der Waals surface area contributed by atoms with Gasteiger partial charge in [-0.25, -0.2) is 0 Å². The zero-order chi connectivity index (χ0) is 20.3. The molecule has 27 heavy (non-hydrogen) atoms. The van der Waals surface area contributed by atoms with Crippen molar-refractivity contribution in [2.45, 2.75) is 112 Å². The molecule has 0 fully saturated rings. The van der Waals surface area contributed by atoms with E-state index in [1.807, 2.05) is 6.92 Å². The molecule has 0 saturated carbocycles. The normalized spacial score (nSPS) is 12.0. The van der Waals surface area contributed by atoms with Crippen molar-refractivity contribution in [2.24, 2.45) is 5.41 Å². The van der Waals surface area contributed by atoms with Crippen molar-refractivity contribution in [3.63, 3.8) is 0 Å². The minimum absolute atomic E-state index is 0.0613. The number of anilines is 1. The molecule has 0 bridgehead atoms. The predicted octanol–water partition coefficient (Wildman–Crippen LogP) is 5.97. The highest BCUT2D eigenvalue weighted by Gasteiger charge is 2.29. The summed E-state index contributed by atoms with van der Waals surface area (Å²) in [6, 6.07) is 0.979. The Kier molecular flexibility index (Phi) is 10.6. The van der Waals surface area contributed by atoms with Crippen molar-refractivity contribution >= 4 is 11.8 Å². The summed E-state index contributed by atoms with van der Waals surface area (Å²) in [5.74, 6) is 1.12. The molecule has 1 heterocycles. The molecule has 0 spiro atoms. The highest BCUT2D eigenvalue weighted by Crippen LogP contribution is 2.36. The second-order valence-electron chi connectivity index (χ2n) is 8.12. The van der Waals surface area contributed by atoms with Crippen LogP contribution in [0.25, 0.3) is 0 Å². The number of hydrogen-bond donors (Lipinski definition) is 0. The third kappa shape index (κ3) is 7.63. The number of aromatic nitrogens is 2. The first kappa shape index (κ1) is 23.6. The maximum Gasteiger partial charge on any atom is 0.324 e. The quantitative estimate of drug-likeness (QED) is 0.351. The van der Waals surface area contributed by atoms with Gasteiger partial charge in [0.2, 0.25) is 0 Å². The van der Waals surface area contributed by atoms with Gasteiger partial charge in [0.05, 0.1) is 0 Å². The topological polar surface area (TPSA) is 59.2 Å². The zero-order valence-corrected chi connectivity index (χ0v) is 18.5. The van der Waals surface area contributed by atoms with Crippen LogP contribution in [-0.4, -0.2) is 28.5 Å². The number of hydrogen-bond acceptors (Lipinski definition) is 5. The van der Waals surface area contributed by atoms with Crippen molar-refractivity contribution in [1.82, 2.24) is 10.1 Å². The first-order valence-electron chi connectivity index (χ1n) is 11.0. The van der Waals surface area contributed by atoms with Crippen LogP contribution in [0.2, 0.25) is 0 Å². The number of aryl methyl sites for hydroxylation is 1. The Labute approximate surface area is 166 Å². The molecule has 0 aromatic carbocycles. The molecule has 1 aromatic heterocycles. The Bertz CT molecular complexity index is 535. The molecule has 5 heteroatoms. The van der Waals surface area contributed by atoms with Gasteiger partial charge in [-0.3, -0.25) is 4.79 Å². The van der Waals surface area contributed by atoms with Crippen LogP contribution in [0.15, 0.2) is 4.52 Å². The zero-order valence-electron chi connectivity index (χ0n) is 18.5. The molecule has 0 saturated heterocycles. The molecule has 0 atom stereocenters. The summed E-state index contributed by atoms with van der Waals surface area (Å²) < 4.78 is 5.58. The lowest BCUT2D eigenvalue weighted by molar-refractivity contribution is -0.121. The van der Waals surface area contributed by atoms with Crippen LogP contribution in [0.1, 0.15) is 105 Å². The van der Waals surface area contributed by atoms with Crippen LogP contribution in [0, 0.1) is 5.41 Å². The van der Waals surface area contributed by atoms with Crippen LogP contribution < -0.4 is 4.90 Å². The molecule has 0 aliphatic heterocycles. The van der Waals surface area contributed by atoms with E-state index in [0.717, 1.165) is 44.5 Å².